The number of hydrogen-bond acceptors (Lipinski definition) is 3. The van der Waals surface area contributed by atoms with Gasteiger partial charge in [0.1, 0.15) is 0 Å². The Morgan fingerprint density at radius 2 is 2.20 bits per heavy atom. The summed E-state index contributed by atoms with van der Waals surface area (Å²) in [7, 11) is 1.47. The summed E-state index contributed by atoms with van der Waals surface area (Å²) in [5, 5.41) is 9.79. The lowest BCUT2D eigenvalue weighted by Gasteiger charge is -2.08. The highest BCUT2D eigenvalue weighted by atomic mass is 79.9. The minimum atomic E-state index is -0.0578. The van der Waals surface area contributed by atoms with Gasteiger partial charge in [-0.25, -0.2) is 0 Å². The predicted molar refractivity (Wildman–Crippen MR) is 59.4 cm³/mol. The monoisotopic (exact) mass is 270 g/mol. The van der Waals surface area contributed by atoms with Crippen molar-refractivity contribution in [1.82, 2.24) is 0 Å². The molecule has 0 spiro atoms. The van der Waals surface area contributed by atoms with E-state index in [1.54, 1.807) is 12.1 Å². The zero-order chi connectivity index (χ0) is 11.0. The van der Waals surface area contributed by atoms with E-state index in [2.05, 4.69) is 15.9 Å². The minimum absolute atomic E-state index is 0.00657. The largest absolute Gasteiger partial charge is 0.504 e. The number of benzene rings is 1. The van der Waals surface area contributed by atoms with E-state index in [0.717, 1.165) is 17.3 Å². The van der Waals surface area contributed by atoms with Crippen molar-refractivity contribution in [3.63, 3.8) is 0 Å². The van der Waals surface area contributed by atoms with Crippen LogP contribution in [0.25, 0.3) is 0 Å². The molecule has 3 nitrogen and oxygen atoms in total. The third-order valence-electron chi connectivity index (χ3n) is 2.47. The van der Waals surface area contributed by atoms with Gasteiger partial charge >= 0.3 is 0 Å². The first-order valence-corrected chi connectivity index (χ1v) is 5.53. The van der Waals surface area contributed by atoms with Gasteiger partial charge in [0.25, 0.3) is 0 Å². The van der Waals surface area contributed by atoms with E-state index >= 15 is 0 Å². The second kappa shape index (κ2) is 3.85. The summed E-state index contributed by atoms with van der Waals surface area (Å²) < 4.78 is 5.72. The lowest BCUT2D eigenvalue weighted by molar-refractivity contribution is 0.0964. The number of halogens is 1. The van der Waals surface area contributed by atoms with Crippen molar-refractivity contribution in [2.75, 3.05) is 7.11 Å². The summed E-state index contributed by atoms with van der Waals surface area (Å²) in [6, 6.07) is 3.28. The van der Waals surface area contributed by atoms with Gasteiger partial charge in [0.15, 0.2) is 17.3 Å². The van der Waals surface area contributed by atoms with Crippen LogP contribution in [0.15, 0.2) is 16.6 Å². The first-order chi connectivity index (χ1) is 7.13. The van der Waals surface area contributed by atoms with Crippen molar-refractivity contribution in [1.29, 1.82) is 0 Å². The Bertz CT molecular complexity index is 411. The molecule has 1 fully saturated rings. The highest BCUT2D eigenvalue weighted by Gasteiger charge is 2.32. The fraction of sp³-hybridized carbons (Fsp3) is 0.364. The molecule has 0 radical (unpaired) electrons. The molecule has 1 aromatic rings. The summed E-state index contributed by atoms with van der Waals surface area (Å²) in [5.74, 6) is 0.369. The molecule has 0 unspecified atom stereocenters. The predicted octanol–water partition coefficient (Wildman–Crippen LogP) is 2.76. The molecule has 0 heterocycles. The third kappa shape index (κ3) is 2.00. The minimum Gasteiger partial charge on any atom is -0.504 e. The SMILES string of the molecule is COc1cc(Br)cc(C(=O)C2CC2)c1O. The van der Waals surface area contributed by atoms with Crippen LogP contribution in [0.2, 0.25) is 0 Å². The topological polar surface area (TPSA) is 46.5 Å². The number of methoxy groups -OCH3 is 1. The average Bonchev–Trinajstić information content (AvgIpc) is 3.03. The molecule has 0 saturated heterocycles. The Morgan fingerprint density at radius 3 is 2.73 bits per heavy atom. The smallest absolute Gasteiger partial charge is 0.169 e. The van der Waals surface area contributed by atoms with Crippen LogP contribution in [0.3, 0.4) is 0 Å². The van der Waals surface area contributed by atoms with Crippen LogP contribution in [0.1, 0.15) is 23.2 Å². The number of carbonyl (C=O) groups excluding carboxylic acids is 1. The lowest BCUT2D eigenvalue weighted by atomic mass is 10.1. The first-order valence-electron chi connectivity index (χ1n) is 4.74. The Labute approximate surface area is 96.2 Å². The van der Waals surface area contributed by atoms with E-state index in [4.69, 9.17) is 4.74 Å². The Balaban J connectivity index is 2.44. The van der Waals surface area contributed by atoms with Gasteiger partial charge in [-0.3, -0.25) is 4.79 Å². The average molecular weight is 271 g/mol. The van der Waals surface area contributed by atoms with Gasteiger partial charge in [0, 0.05) is 10.4 Å². The van der Waals surface area contributed by atoms with Crippen molar-refractivity contribution in [3.05, 3.63) is 22.2 Å². The fourth-order valence-electron chi connectivity index (χ4n) is 1.48. The molecule has 1 N–H and O–H groups in total. The van der Waals surface area contributed by atoms with Crippen LogP contribution >= 0.6 is 15.9 Å². The highest BCUT2D eigenvalue weighted by Crippen LogP contribution is 2.39. The van der Waals surface area contributed by atoms with E-state index in [9.17, 15) is 9.90 Å². The Morgan fingerprint density at radius 1 is 1.53 bits per heavy atom. The van der Waals surface area contributed by atoms with Crippen LogP contribution in [0.5, 0.6) is 11.5 Å². The van der Waals surface area contributed by atoms with E-state index in [0.29, 0.717) is 11.3 Å². The number of aromatic hydroxyl groups is 1. The van der Waals surface area contributed by atoms with Crippen LogP contribution in [0, 0.1) is 5.92 Å². The maximum Gasteiger partial charge on any atom is 0.169 e. The number of phenolic OH excluding ortho intramolecular Hbond substituents is 1. The number of ketones is 1. The summed E-state index contributed by atoms with van der Waals surface area (Å²) in [4.78, 5) is 11.8. The lowest BCUT2D eigenvalue weighted by Crippen LogP contribution is -2.02. The zero-order valence-electron chi connectivity index (χ0n) is 8.29. The molecular formula is C11H11BrO3. The molecular weight excluding hydrogens is 260 g/mol. The van der Waals surface area contributed by atoms with E-state index in [1.807, 2.05) is 0 Å². The van der Waals surface area contributed by atoms with Crippen LogP contribution < -0.4 is 4.74 Å². The molecule has 80 valence electrons. The molecule has 15 heavy (non-hydrogen) atoms. The zero-order valence-corrected chi connectivity index (χ0v) is 9.87. The van der Waals surface area contributed by atoms with Crippen molar-refractivity contribution in [2.24, 2.45) is 5.92 Å². The molecule has 0 aliphatic heterocycles. The Hall–Kier alpha value is -1.03. The number of carbonyl (C=O) groups is 1. The summed E-state index contributed by atoms with van der Waals surface area (Å²) in [5.41, 5.74) is 0.351. The van der Waals surface area contributed by atoms with Crippen LogP contribution in [-0.2, 0) is 0 Å². The van der Waals surface area contributed by atoms with Gasteiger partial charge in [-0.15, -0.1) is 0 Å². The molecule has 2 rings (SSSR count). The van der Waals surface area contributed by atoms with Crippen molar-refractivity contribution >= 4 is 21.7 Å². The van der Waals surface area contributed by atoms with Gasteiger partial charge in [-0.1, -0.05) is 15.9 Å². The van der Waals surface area contributed by atoms with Gasteiger partial charge in [-0.2, -0.15) is 0 Å². The number of ether oxygens (including phenoxy) is 1. The fourth-order valence-corrected chi connectivity index (χ4v) is 1.92. The van der Waals surface area contributed by atoms with Crippen LogP contribution in [0.4, 0.5) is 0 Å². The maximum atomic E-state index is 11.8. The summed E-state index contributed by atoms with van der Waals surface area (Å²) in [6.07, 6.45) is 1.85. The van der Waals surface area contributed by atoms with Gasteiger partial charge in [0.2, 0.25) is 0 Å². The van der Waals surface area contributed by atoms with E-state index in [1.165, 1.54) is 7.11 Å². The number of hydrogen-bond donors (Lipinski definition) is 1. The van der Waals surface area contributed by atoms with Gasteiger partial charge in [-0.05, 0) is 25.0 Å². The number of rotatable bonds is 3. The van der Waals surface area contributed by atoms with E-state index in [-0.39, 0.29) is 17.5 Å². The third-order valence-corrected chi connectivity index (χ3v) is 2.93. The normalized spacial score (nSPS) is 15.1. The molecule has 1 aromatic carbocycles. The van der Waals surface area contributed by atoms with Gasteiger partial charge < -0.3 is 9.84 Å². The molecule has 0 aromatic heterocycles. The van der Waals surface area contributed by atoms with Crippen molar-refractivity contribution < 1.29 is 14.6 Å². The molecule has 0 amide bonds. The molecule has 1 aliphatic rings. The number of phenols is 1. The second-order valence-corrected chi connectivity index (χ2v) is 4.56. The van der Waals surface area contributed by atoms with Crippen LogP contribution in [-0.4, -0.2) is 18.0 Å². The Kier molecular flexibility index (Phi) is 2.69. The van der Waals surface area contributed by atoms with Crippen molar-refractivity contribution in [3.8, 4) is 11.5 Å². The van der Waals surface area contributed by atoms with Crippen molar-refractivity contribution in [2.45, 2.75) is 12.8 Å². The summed E-state index contributed by atoms with van der Waals surface area (Å²) >= 11 is 3.28. The first kappa shape index (κ1) is 10.5. The maximum absolute atomic E-state index is 11.8. The summed E-state index contributed by atoms with van der Waals surface area (Å²) in [6.45, 7) is 0. The molecule has 4 heteroatoms. The van der Waals surface area contributed by atoms with E-state index < -0.39 is 0 Å². The molecule has 0 atom stereocenters. The molecule has 0 bridgehead atoms. The quantitative estimate of drug-likeness (QED) is 0.860. The number of Topliss-reactive ketones (excluding diaryl/α,β-unsaturated/α-hetero) is 1. The van der Waals surface area contributed by atoms with Gasteiger partial charge in [0.05, 0.1) is 12.7 Å². The highest BCUT2D eigenvalue weighted by molar-refractivity contribution is 9.10. The standard InChI is InChI=1S/C11H11BrO3/c1-15-9-5-7(12)4-8(11(9)14)10(13)6-2-3-6/h4-6,14H,2-3H2,1H3. The molecule has 1 saturated carbocycles. The second-order valence-electron chi connectivity index (χ2n) is 3.64. The molecule has 1 aliphatic carbocycles.